The molecule has 0 aliphatic carbocycles. The Morgan fingerprint density at radius 1 is 1.06 bits per heavy atom. The second-order valence-corrected chi connectivity index (χ2v) is 7.96. The zero-order valence-electron chi connectivity index (χ0n) is 17.1. The number of hydrogen-bond acceptors (Lipinski definition) is 7. The lowest BCUT2D eigenvalue weighted by molar-refractivity contribution is -0.113. The number of amides is 1. The maximum absolute atomic E-state index is 12.4. The van der Waals surface area contributed by atoms with E-state index in [2.05, 4.69) is 5.32 Å². The first-order valence-electron chi connectivity index (χ1n) is 9.50. The minimum absolute atomic E-state index is 0.174. The van der Waals surface area contributed by atoms with Crippen molar-refractivity contribution >= 4 is 46.7 Å². The summed E-state index contributed by atoms with van der Waals surface area (Å²) in [5.74, 6) is 0.604. The summed E-state index contributed by atoms with van der Waals surface area (Å²) in [5.41, 5.74) is 0.889. The van der Waals surface area contributed by atoms with Gasteiger partial charge < -0.3 is 19.2 Å². The lowest BCUT2D eigenvalue weighted by atomic mass is 10.1. The van der Waals surface area contributed by atoms with E-state index in [4.69, 9.17) is 25.5 Å². The molecule has 0 atom stereocenters. The van der Waals surface area contributed by atoms with Crippen LogP contribution >= 0.6 is 23.4 Å². The van der Waals surface area contributed by atoms with Crippen molar-refractivity contribution in [3.05, 3.63) is 82.8 Å². The maximum Gasteiger partial charge on any atom is 0.338 e. The van der Waals surface area contributed by atoms with E-state index in [0.29, 0.717) is 27.8 Å². The highest BCUT2D eigenvalue weighted by Crippen LogP contribution is 2.26. The number of carbonyl (C=O) groups excluding carboxylic acids is 3. The summed E-state index contributed by atoms with van der Waals surface area (Å²) in [4.78, 5) is 36.9. The minimum atomic E-state index is -0.697. The lowest BCUT2D eigenvalue weighted by Crippen LogP contribution is -2.17. The number of hydrogen-bond donors (Lipinski definition) is 1. The first kappa shape index (κ1) is 23.4. The van der Waals surface area contributed by atoms with Crippen molar-refractivity contribution in [2.45, 2.75) is 5.75 Å². The molecule has 0 aliphatic heterocycles. The molecule has 3 aromatic rings. The lowest BCUT2D eigenvalue weighted by Gasteiger charge is -2.12. The first-order valence-corrected chi connectivity index (χ1v) is 11.0. The van der Waals surface area contributed by atoms with Gasteiger partial charge in [0.15, 0.2) is 12.4 Å². The third-order valence-electron chi connectivity index (χ3n) is 4.27. The van der Waals surface area contributed by atoms with E-state index >= 15 is 0 Å². The Kier molecular flexibility index (Phi) is 8.35. The molecule has 1 heterocycles. The third-order valence-corrected chi connectivity index (χ3v) is 5.47. The van der Waals surface area contributed by atoms with Crippen LogP contribution in [0.5, 0.6) is 5.75 Å². The van der Waals surface area contributed by atoms with Crippen molar-refractivity contribution in [1.29, 1.82) is 0 Å². The second-order valence-electron chi connectivity index (χ2n) is 6.54. The highest BCUT2D eigenvalue weighted by atomic mass is 35.5. The summed E-state index contributed by atoms with van der Waals surface area (Å²) in [6, 6.07) is 14.4. The van der Waals surface area contributed by atoms with Crippen LogP contribution in [0, 0.1) is 0 Å². The van der Waals surface area contributed by atoms with Crippen molar-refractivity contribution < 1.29 is 28.3 Å². The van der Waals surface area contributed by atoms with Gasteiger partial charge in [0.25, 0.3) is 0 Å². The molecule has 0 radical (unpaired) electrons. The molecule has 2 aromatic carbocycles. The van der Waals surface area contributed by atoms with E-state index in [9.17, 15) is 14.4 Å². The van der Waals surface area contributed by atoms with Gasteiger partial charge >= 0.3 is 5.97 Å². The molecule has 3 rings (SSSR count). The summed E-state index contributed by atoms with van der Waals surface area (Å²) in [6.07, 6.45) is 1.58. The zero-order valence-corrected chi connectivity index (χ0v) is 18.7. The fraction of sp³-hybridized carbons (Fsp3) is 0.174. The summed E-state index contributed by atoms with van der Waals surface area (Å²) in [6.45, 7) is -0.419. The smallest absolute Gasteiger partial charge is 0.338 e. The average molecular weight is 474 g/mol. The molecule has 32 heavy (non-hydrogen) atoms. The quantitative estimate of drug-likeness (QED) is 0.332. The number of ether oxygens (including phenoxy) is 2. The predicted octanol–water partition coefficient (Wildman–Crippen LogP) is 4.85. The molecule has 166 valence electrons. The van der Waals surface area contributed by atoms with Crippen LogP contribution < -0.4 is 10.1 Å². The molecule has 0 fully saturated rings. The first-order chi connectivity index (χ1) is 15.5. The number of benzene rings is 2. The molecule has 0 aliphatic rings. The van der Waals surface area contributed by atoms with Crippen LogP contribution in [0.3, 0.4) is 0 Å². The molecule has 7 nitrogen and oxygen atoms in total. The predicted molar refractivity (Wildman–Crippen MR) is 123 cm³/mol. The number of Topliss-reactive ketones (excluding diaryl/α,β-unsaturated/α-hetero) is 1. The van der Waals surface area contributed by atoms with Crippen LogP contribution in [0.25, 0.3) is 0 Å². The van der Waals surface area contributed by atoms with E-state index in [0.717, 1.165) is 5.76 Å². The third kappa shape index (κ3) is 6.63. The molecule has 0 spiro atoms. The maximum atomic E-state index is 12.4. The van der Waals surface area contributed by atoms with E-state index in [1.807, 2.05) is 6.07 Å². The molecule has 0 bridgehead atoms. The van der Waals surface area contributed by atoms with Gasteiger partial charge in [-0.25, -0.2) is 4.79 Å². The standard InChI is InChI=1S/C23H20ClNO6S/c1-29-21-9-6-16(23(28)31-12-20(26)15-4-7-17(24)8-5-15)11-19(21)25-22(27)14-32-13-18-3-2-10-30-18/h2-11H,12-14H2,1H3,(H,25,27). The summed E-state index contributed by atoms with van der Waals surface area (Å²) in [7, 11) is 1.46. The minimum Gasteiger partial charge on any atom is -0.495 e. The molecule has 9 heteroatoms. The van der Waals surface area contributed by atoms with Gasteiger partial charge in [-0.1, -0.05) is 11.6 Å². The number of methoxy groups -OCH3 is 1. The van der Waals surface area contributed by atoms with Gasteiger partial charge in [0.1, 0.15) is 11.5 Å². The Morgan fingerprint density at radius 2 is 1.81 bits per heavy atom. The molecular formula is C23H20ClNO6S. The normalized spacial score (nSPS) is 10.4. The fourth-order valence-corrected chi connectivity index (χ4v) is 3.54. The molecule has 0 saturated heterocycles. The topological polar surface area (TPSA) is 94.8 Å². The van der Waals surface area contributed by atoms with Crippen molar-refractivity contribution in [3.8, 4) is 5.75 Å². The van der Waals surface area contributed by atoms with E-state index in [1.165, 1.54) is 31.0 Å². The summed E-state index contributed by atoms with van der Waals surface area (Å²) >= 11 is 7.20. The fourth-order valence-electron chi connectivity index (χ4n) is 2.69. The number of carbonyl (C=O) groups is 3. The number of ketones is 1. The molecule has 1 amide bonds. The van der Waals surface area contributed by atoms with Gasteiger partial charge in [-0.15, -0.1) is 11.8 Å². The Bertz CT molecular complexity index is 1080. The second kappa shape index (κ2) is 11.4. The van der Waals surface area contributed by atoms with Crippen molar-refractivity contribution in [1.82, 2.24) is 0 Å². The van der Waals surface area contributed by atoms with Gasteiger partial charge in [0.05, 0.1) is 36.1 Å². The van der Waals surface area contributed by atoms with E-state index in [-0.39, 0.29) is 23.0 Å². The van der Waals surface area contributed by atoms with Crippen molar-refractivity contribution in [2.24, 2.45) is 0 Å². The SMILES string of the molecule is COc1ccc(C(=O)OCC(=O)c2ccc(Cl)cc2)cc1NC(=O)CSCc1ccco1. The van der Waals surface area contributed by atoms with Crippen LogP contribution in [0.1, 0.15) is 26.5 Å². The number of esters is 1. The summed E-state index contributed by atoms with van der Waals surface area (Å²) in [5, 5.41) is 3.24. The van der Waals surface area contributed by atoms with Crippen LogP contribution in [-0.4, -0.2) is 37.1 Å². The van der Waals surface area contributed by atoms with Gasteiger partial charge in [0, 0.05) is 10.6 Å². The van der Waals surface area contributed by atoms with Gasteiger partial charge in [-0.2, -0.15) is 0 Å². The summed E-state index contributed by atoms with van der Waals surface area (Å²) < 4.78 is 15.6. The van der Waals surface area contributed by atoms with Gasteiger partial charge in [-0.05, 0) is 54.6 Å². The highest BCUT2D eigenvalue weighted by Gasteiger charge is 2.16. The number of thioether (sulfide) groups is 1. The molecule has 0 unspecified atom stereocenters. The average Bonchev–Trinajstić information content (AvgIpc) is 3.31. The highest BCUT2D eigenvalue weighted by molar-refractivity contribution is 7.99. The molecule has 0 saturated carbocycles. The van der Waals surface area contributed by atoms with Gasteiger partial charge in [0.2, 0.25) is 5.91 Å². The van der Waals surface area contributed by atoms with Crippen LogP contribution in [0.2, 0.25) is 5.02 Å². The molecular weight excluding hydrogens is 454 g/mol. The number of furan rings is 1. The zero-order chi connectivity index (χ0) is 22.9. The van der Waals surface area contributed by atoms with E-state index < -0.39 is 12.6 Å². The molecule has 1 aromatic heterocycles. The Hall–Kier alpha value is -3.23. The number of anilines is 1. The Labute approximate surface area is 194 Å². The van der Waals surface area contributed by atoms with E-state index in [1.54, 1.807) is 42.7 Å². The van der Waals surface area contributed by atoms with Crippen LogP contribution in [0.15, 0.2) is 65.3 Å². The van der Waals surface area contributed by atoms with Crippen LogP contribution in [0.4, 0.5) is 5.69 Å². The Morgan fingerprint density at radius 3 is 2.50 bits per heavy atom. The number of halogens is 1. The van der Waals surface area contributed by atoms with Crippen LogP contribution in [-0.2, 0) is 15.3 Å². The monoisotopic (exact) mass is 473 g/mol. The van der Waals surface area contributed by atoms with Gasteiger partial charge in [-0.3, -0.25) is 9.59 Å². The van der Waals surface area contributed by atoms with Crippen molar-refractivity contribution in [2.75, 3.05) is 24.8 Å². The molecule has 1 N–H and O–H groups in total. The van der Waals surface area contributed by atoms with Crippen molar-refractivity contribution in [3.63, 3.8) is 0 Å². The Balaban J connectivity index is 1.57. The number of nitrogens with one attached hydrogen (secondary N) is 1. The largest absolute Gasteiger partial charge is 0.495 e. The number of rotatable bonds is 10.